The maximum atomic E-state index is 12.3. The Morgan fingerprint density at radius 3 is 1.84 bits per heavy atom. The molecule has 0 aliphatic rings. The van der Waals surface area contributed by atoms with Gasteiger partial charge < -0.3 is 15.0 Å². The fraction of sp³-hybridized carbons (Fsp3) is 0.100. The van der Waals surface area contributed by atoms with Gasteiger partial charge in [0.25, 0.3) is 5.91 Å². The first-order chi connectivity index (χ1) is 12.0. The molecule has 126 valence electrons. The minimum absolute atomic E-state index is 0.180. The quantitative estimate of drug-likeness (QED) is 0.756. The maximum Gasteiger partial charge on any atom is 0.335 e. The van der Waals surface area contributed by atoms with E-state index in [0.29, 0.717) is 11.3 Å². The monoisotopic (exact) mass is 334 g/mol. The van der Waals surface area contributed by atoms with Crippen LogP contribution in [0.15, 0.2) is 60.7 Å². The number of hydrogen-bond acceptors (Lipinski definition) is 2. The molecular weight excluding hydrogens is 316 g/mol. The number of aromatic carboxylic acids is 1. The predicted molar refractivity (Wildman–Crippen MR) is 96.6 cm³/mol. The molecule has 25 heavy (non-hydrogen) atoms. The summed E-state index contributed by atoms with van der Waals surface area (Å²) in [6.45, 7) is 4.07. The van der Waals surface area contributed by atoms with Gasteiger partial charge in [-0.1, -0.05) is 0 Å². The van der Waals surface area contributed by atoms with Crippen molar-refractivity contribution in [3.63, 3.8) is 0 Å². The van der Waals surface area contributed by atoms with Crippen LogP contribution in [0.1, 0.15) is 32.1 Å². The molecule has 0 bridgehead atoms. The van der Waals surface area contributed by atoms with E-state index in [1.807, 2.05) is 26.0 Å². The standard InChI is InChI=1S/C20H18N2O3/c1-13-3-4-14(2)22(13)18-11-7-15(8-12-18)19(23)21-17-9-5-16(6-10-17)20(24)25/h3-12H,1-2H3,(H,21,23)(H,24,25). The van der Waals surface area contributed by atoms with Gasteiger partial charge in [-0.2, -0.15) is 0 Å². The van der Waals surface area contributed by atoms with Crippen LogP contribution in [0.4, 0.5) is 5.69 Å². The lowest BCUT2D eigenvalue weighted by molar-refractivity contribution is 0.0696. The zero-order valence-corrected chi connectivity index (χ0v) is 14.0. The summed E-state index contributed by atoms with van der Waals surface area (Å²) in [6, 6.07) is 17.5. The number of anilines is 1. The van der Waals surface area contributed by atoms with E-state index < -0.39 is 5.97 Å². The Balaban J connectivity index is 1.76. The minimum Gasteiger partial charge on any atom is -0.478 e. The molecule has 3 aromatic rings. The molecule has 0 radical (unpaired) electrons. The molecule has 0 fully saturated rings. The predicted octanol–water partition coefficient (Wildman–Crippen LogP) is 4.04. The summed E-state index contributed by atoms with van der Waals surface area (Å²) >= 11 is 0. The Kier molecular flexibility index (Phi) is 4.39. The number of aryl methyl sites for hydroxylation is 2. The van der Waals surface area contributed by atoms with E-state index in [9.17, 15) is 9.59 Å². The molecule has 2 N–H and O–H groups in total. The number of amides is 1. The van der Waals surface area contributed by atoms with Gasteiger partial charge in [0.1, 0.15) is 0 Å². The smallest absolute Gasteiger partial charge is 0.335 e. The third-order valence-corrected chi connectivity index (χ3v) is 4.05. The number of hydrogen-bond donors (Lipinski definition) is 2. The van der Waals surface area contributed by atoms with Crippen LogP contribution >= 0.6 is 0 Å². The number of carboxylic acid groups (broad SMARTS) is 1. The molecule has 5 heteroatoms. The normalized spacial score (nSPS) is 10.5. The molecule has 0 spiro atoms. The lowest BCUT2D eigenvalue weighted by atomic mass is 10.1. The number of carbonyl (C=O) groups is 2. The van der Waals surface area contributed by atoms with Gasteiger partial charge in [0.15, 0.2) is 0 Å². The fourth-order valence-corrected chi connectivity index (χ4v) is 2.74. The molecule has 1 aromatic heterocycles. The third kappa shape index (κ3) is 3.45. The van der Waals surface area contributed by atoms with Crippen LogP contribution < -0.4 is 5.32 Å². The van der Waals surface area contributed by atoms with E-state index in [2.05, 4.69) is 22.0 Å². The molecule has 0 aliphatic carbocycles. The Morgan fingerprint density at radius 1 is 0.800 bits per heavy atom. The lowest BCUT2D eigenvalue weighted by Gasteiger charge is -2.10. The molecule has 5 nitrogen and oxygen atoms in total. The van der Waals surface area contributed by atoms with Crippen molar-refractivity contribution in [1.29, 1.82) is 0 Å². The fourth-order valence-electron chi connectivity index (χ4n) is 2.74. The largest absolute Gasteiger partial charge is 0.478 e. The molecule has 2 aromatic carbocycles. The van der Waals surface area contributed by atoms with E-state index in [-0.39, 0.29) is 11.5 Å². The summed E-state index contributed by atoms with van der Waals surface area (Å²) in [4.78, 5) is 23.2. The second kappa shape index (κ2) is 6.65. The van der Waals surface area contributed by atoms with Crippen molar-refractivity contribution in [2.75, 3.05) is 5.32 Å². The number of rotatable bonds is 4. The van der Waals surface area contributed by atoms with Crippen LogP contribution in [-0.4, -0.2) is 21.6 Å². The van der Waals surface area contributed by atoms with Gasteiger partial charge in [-0.3, -0.25) is 4.79 Å². The highest BCUT2D eigenvalue weighted by Crippen LogP contribution is 2.18. The number of benzene rings is 2. The summed E-state index contributed by atoms with van der Waals surface area (Å²) in [7, 11) is 0. The van der Waals surface area contributed by atoms with Crippen LogP contribution in [0.2, 0.25) is 0 Å². The summed E-state index contributed by atoms with van der Waals surface area (Å²) in [5, 5.41) is 11.7. The van der Waals surface area contributed by atoms with Gasteiger partial charge in [-0.15, -0.1) is 0 Å². The highest BCUT2D eigenvalue weighted by Gasteiger charge is 2.09. The molecule has 0 saturated heterocycles. The van der Waals surface area contributed by atoms with Crippen molar-refractivity contribution in [1.82, 2.24) is 4.57 Å². The Bertz CT molecular complexity index is 903. The molecule has 0 saturated carbocycles. The van der Waals surface area contributed by atoms with E-state index in [1.54, 1.807) is 24.3 Å². The van der Waals surface area contributed by atoms with Gasteiger partial charge in [-0.25, -0.2) is 4.79 Å². The van der Waals surface area contributed by atoms with Crippen molar-refractivity contribution in [2.24, 2.45) is 0 Å². The summed E-state index contributed by atoms with van der Waals surface area (Å²) in [5.41, 5.74) is 4.54. The Hall–Kier alpha value is -3.34. The van der Waals surface area contributed by atoms with Gasteiger partial charge in [0.05, 0.1) is 5.56 Å². The van der Waals surface area contributed by atoms with Crippen LogP contribution in [0.3, 0.4) is 0 Å². The van der Waals surface area contributed by atoms with Crippen LogP contribution in [0, 0.1) is 13.8 Å². The first kappa shape index (κ1) is 16.5. The zero-order valence-electron chi connectivity index (χ0n) is 14.0. The SMILES string of the molecule is Cc1ccc(C)n1-c1ccc(C(=O)Nc2ccc(C(=O)O)cc2)cc1. The van der Waals surface area contributed by atoms with Gasteiger partial charge in [0, 0.05) is 28.3 Å². The zero-order chi connectivity index (χ0) is 18.0. The first-order valence-corrected chi connectivity index (χ1v) is 7.86. The van der Waals surface area contributed by atoms with Crippen molar-refractivity contribution in [3.8, 4) is 5.69 Å². The number of aromatic nitrogens is 1. The van der Waals surface area contributed by atoms with Crippen LogP contribution in [0.5, 0.6) is 0 Å². The van der Waals surface area contributed by atoms with Gasteiger partial charge in [-0.05, 0) is 74.5 Å². The second-order valence-corrected chi connectivity index (χ2v) is 5.84. The Morgan fingerprint density at radius 2 is 1.32 bits per heavy atom. The Labute approximate surface area is 145 Å². The first-order valence-electron chi connectivity index (χ1n) is 7.86. The third-order valence-electron chi connectivity index (χ3n) is 4.05. The van der Waals surface area contributed by atoms with Crippen molar-refractivity contribution in [3.05, 3.63) is 83.2 Å². The molecule has 3 rings (SSSR count). The summed E-state index contributed by atoms with van der Waals surface area (Å²) in [5.74, 6) is -1.24. The molecule has 1 amide bonds. The number of nitrogens with zero attached hydrogens (tertiary/aromatic N) is 1. The summed E-state index contributed by atoms with van der Waals surface area (Å²) < 4.78 is 2.12. The highest BCUT2D eigenvalue weighted by atomic mass is 16.4. The van der Waals surface area contributed by atoms with Crippen molar-refractivity contribution < 1.29 is 14.7 Å². The molecule has 0 atom stereocenters. The molecule has 0 unspecified atom stereocenters. The summed E-state index contributed by atoms with van der Waals surface area (Å²) in [6.07, 6.45) is 0. The van der Waals surface area contributed by atoms with Crippen molar-refractivity contribution >= 4 is 17.6 Å². The van der Waals surface area contributed by atoms with Crippen LogP contribution in [-0.2, 0) is 0 Å². The highest BCUT2D eigenvalue weighted by molar-refractivity contribution is 6.04. The van der Waals surface area contributed by atoms with E-state index in [1.165, 1.54) is 12.1 Å². The van der Waals surface area contributed by atoms with E-state index >= 15 is 0 Å². The average Bonchev–Trinajstić information content (AvgIpc) is 2.94. The number of carboxylic acids is 1. The van der Waals surface area contributed by atoms with Gasteiger partial charge in [0.2, 0.25) is 0 Å². The number of nitrogens with one attached hydrogen (secondary N) is 1. The molecule has 0 aliphatic heterocycles. The lowest BCUT2D eigenvalue weighted by Crippen LogP contribution is -2.12. The maximum absolute atomic E-state index is 12.3. The molecular formula is C20H18N2O3. The second-order valence-electron chi connectivity index (χ2n) is 5.84. The topological polar surface area (TPSA) is 71.3 Å². The minimum atomic E-state index is -0.996. The number of carbonyl (C=O) groups excluding carboxylic acids is 1. The van der Waals surface area contributed by atoms with Crippen molar-refractivity contribution in [2.45, 2.75) is 13.8 Å². The van der Waals surface area contributed by atoms with Crippen LogP contribution in [0.25, 0.3) is 5.69 Å². The van der Waals surface area contributed by atoms with E-state index in [0.717, 1.165) is 17.1 Å². The van der Waals surface area contributed by atoms with Gasteiger partial charge >= 0.3 is 5.97 Å². The van der Waals surface area contributed by atoms with E-state index in [4.69, 9.17) is 5.11 Å². The average molecular weight is 334 g/mol. The molecule has 1 heterocycles.